The third-order valence-electron chi connectivity index (χ3n) is 3.95. The number of rotatable bonds is 4. The maximum atomic E-state index is 10.8. The Balaban J connectivity index is 2.03. The van der Waals surface area contributed by atoms with E-state index in [1.165, 1.54) is 0 Å². The van der Waals surface area contributed by atoms with E-state index in [9.17, 15) is 5.11 Å². The van der Waals surface area contributed by atoms with Crippen LogP contribution in [0.5, 0.6) is 0 Å². The summed E-state index contributed by atoms with van der Waals surface area (Å²) in [7, 11) is 1.99. The third-order valence-corrected chi connectivity index (χ3v) is 4.33. The van der Waals surface area contributed by atoms with E-state index in [4.69, 9.17) is 0 Å². The molecule has 0 aliphatic heterocycles. The Hall–Kier alpha value is -2.23. The van der Waals surface area contributed by atoms with E-state index in [0.29, 0.717) is 0 Å². The first-order valence-electron chi connectivity index (χ1n) is 7.52. The Labute approximate surface area is 142 Å². The Kier molecular flexibility index (Phi) is 4.70. The van der Waals surface area contributed by atoms with Crippen LogP contribution in [0.4, 0.5) is 11.4 Å². The number of anilines is 2. The zero-order valence-electron chi connectivity index (χ0n) is 12.9. The topological polar surface area (TPSA) is 23.5 Å². The van der Waals surface area contributed by atoms with Crippen molar-refractivity contribution in [2.75, 3.05) is 11.9 Å². The highest BCUT2D eigenvalue weighted by Crippen LogP contribution is 2.35. The maximum Gasteiger partial charge on any atom is 0.106 e. The lowest BCUT2D eigenvalue weighted by Crippen LogP contribution is -2.14. The van der Waals surface area contributed by atoms with E-state index in [-0.39, 0.29) is 0 Å². The first-order chi connectivity index (χ1) is 11.2. The zero-order chi connectivity index (χ0) is 16.2. The van der Waals surface area contributed by atoms with Gasteiger partial charge in [0.15, 0.2) is 0 Å². The average Bonchev–Trinajstić information content (AvgIpc) is 2.62. The molecule has 3 aromatic rings. The summed E-state index contributed by atoms with van der Waals surface area (Å²) >= 11 is 4.54. The lowest BCUT2D eigenvalue weighted by atomic mass is 9.99. The van der Waals surface area contributed by atoms with Gasteiger partial charge in [-0.2, -0.15) is 0 Å². The van der Waals surface area contributed by atoms with Crippen LogP contribution in [-0.4, -0.2) is 12.2 Å². The molecule has 1 N–H and O–H groups in total. The van der Waals surface area contributed by atoms with Crippen molar-refractivity contribution in [1.82, 2.24) is 0 Å². The largest absolute Gasteiger partial charge is 0.384 e. The minimum Gasteiger partial charge on any atom is -0.384 e. The van der Waals surface area contributed by atoms with Gasteiger partial charge in [0, 0.05) is 23.2 Å². The van der Waals surface area contributed by atoms with Gasteiger partial charge < -0.3 is 10.0 Å². The molecule has 1 unspecified atom stereocenters. The Morgan fingerprint density at radius 3 is 2.04 bits per heavy atom. The number of benzene rings is 3. The van der Waals surface area contributed by atoms with Crippen molar-refractivity contribution in [1.29, 1.82) is 0 Å². The fourth-order valence-corrected chi connectivity index (χ4v) is 3.03. The van der Waals surface area contributed by atoms with E-state index in [0.717, 1.165) is 27.4 Å². The summed E-state index contributed by atoms with van der Waals surface area (Å²) in [5.41, 5.74) is 3.72. The SMILES string of the molecule is CN(c1ccccc1S)c1ccccc1C(O)c1ccccc1. The molecule has 0 fully saturated rings. The molecule has 0 bridgehead atoms. The highest BCUT2D eigenvalue weighted by Gasteiger charge is 2.17. The molecule has 0 amide bonds. The van der Waals surface area contributed by atoms with Gasteiger partial charge in [0.1, 0.15) is 6.10 Å². The van der Waals surface area contributed by atoms with Crippen molar-refractivity contribution in [3.8, 4) is 0 Å². The lowest BCUT2D eigenvalue weighted by molar-refractivity contribution is 0.221. The van der Waals surface area contributed by atoms with Crippen LogP contribution >= 0.6 is 12.6 Å². The summed E-state index contributed by atoms with van der Waals surface area (Å²) < 4.78 is 0. The number of thiol groups is 1. The first-order valence-corrected chi connectivity index (χ1v) is 7.97. The van der Waals surface area contributed by atoms with Crippen LogP contribution in [0, 0.1) is 0 Å². The summed E-state index contributed by atoms with van der Waals surface area (Å²) in [6.07, 6.45) is -0.665. The van der Waals surface area contributed by atoms with Gasteiger partial charge >= 0.3 is 0 Å². The van der Waals surface area contributed by atoms with Gasteiger partial charge in [-0.25, -0.2) is 0 Å². The predicted molar refractivity (Wildman–Crippen MR) is 98.7 cm³/mol. The van der Waals surface area contributed by atoms with E-state index in [2.05, 4.69) is 17.5 Å². The quantitative estimate of drug-likeness (QED) is 0.673. The van der Waals surface area contributed by atoms with Crippen molar-refractivity contribution >= 4 is 24.0 Å². The van der Waals surface area contributed by atoms with Crippen LogP contribution in [0.15, 0.2) is 83.8 Å². The zero-order valence-corrected chi connectivity index (χ0v) is 13.8. The second-order valence-corrected chi connectivity index (χ2v) is 5.90. The summed E-state index contributed by atoms with van der Waals surface area (Å²) in [5, 5.41) is 10.8. The highest BCUT2D eigenvalue weighted by atomic mass is 32.1. The third kappa shape index (κ3) is 3.26. The van der Waals surface area contributed by atoms with Crippen LogP contribution in [0.1, 0.15) is 17.2 Å². The standard InChI is InChI=1S/C20H19NOS/c1-21(18-13-7-8-14-19(18)23)17-12-6-5-11-16(17)20(22)15-9-3-2-4-10-15/h2-14,20,22-23H,1H3. The number of nitrogens with zero attached hydrogens (tertiary/aromatic N) is 1. The van der Waals surface area contributed by atoms with Crippen molar-refractivity contribution in [3.63, 3.8) is 0 Å². The molecule has 0 aromatic heterocycles. The number of hydrogen-bond acceptors (Lipinski definition) is 3. The normalized spacial score (nSPS) is 12.0. The van der Waals surface area contributed by atoms with E-state index >= 15 is 0 Å². The molecule has 3 rings (SSSR count). The second-order valence-electron chi connectivity index (χ2n) is 5.42. The molecule has 116 valence electrons. The molecule has 0 spiro atoms. The Bertz CT molecular complexity index is 788. The molecule has 1 atom stereocenters. The van der Waals surface area contributed by atoms with Crippen LogP contribution in [0.3, 0.4) is 0 Å². The minimum absolute atomic E-state index is 0.665. The van der Waals surface area contributed by atoms with Crippen LogP contribution in [0.25, 0.3) is 0 Å². The highest BCUT2D eigenvalue weighted by molar-refractivity contribution is 7.80. The summed E-state index contributed by atoms with van der Waals surface area (Å²) in [5.74, 6) is 0. The van der Waals surface area contributed by atoms with E-state index < -0.39 is 6.10 Å². The van der Waals surface area contributed by atoms with Crippen molar-refractivity contribution in [3.05, 3.63) is 90.0 Å². The number of aliphatic hydroxyl groups excluding tert-OH is 1. The molecule has 3 heteroatoms. The lowest BCUT2D eigenvalue weighted by Gasteiger charge is -2.26. The van der Waals surface area contributed by atoms with Gasteiger partial charge in [-0.1, -0.05) is 60.7 Å². The molecule has 3 aromatic carbocycles. The number of para-hydroxylation sites is 2. The van der Waals surface area contributed by atoms with Crippen LogP contribution in [-0.2, 0) is 0 Å². The van der Waals surface area contributed by atoms with Crippen LogP contribution in [0.2, 0.25) is 0 Å². The van der Waals surface area contributed by atoms with E-state index in [1.54, 1.807) is 0 Å². The summed E-state index contributed by atoms with van der Waals surface area (Å²) in [4.78, 5) is 2.96. The van der Waals surface area contributed by atoms with Gasteiger partial charge in [0.25, 0.3) is 0 Å². The molecular formula is C20H19NOS. The predicted octanol–water partition coefficient (Wildman–Crippen LogP) is 4.82. The average molecular weight is 321 g/mol. The maximum absolute atomic E-state index is 10.8. The molecular weight excluding hydrogens is 302 g/mol. The van der Waals surface area contributed by atoms with Crippen LogP contribution < -0.4 is 4.90 Å². The monoisotopic (exact) mass is 321 g/mol. The Morgan fingerprint density at radius 2 is 1.35 bits per heavy atom. The molecule has 0 saturated carbocycles. The van der Waals surface area contributed by atoms with Gasteiger partial charge in [0.05, 0.1) is 5.69 Å². The molecule has 0 radical (unpaired) electrons. The fourth-order valence-electron chi connectivity index (χ4n) is 2.72. The van der Waals surface area contributed by atoms with Gasteiger partial charge in [-0.05, 0) is 23.8 Å². The summed E-state index contributed by atoms with van der Waals surface area (Å²) in [6.45, 7) is 0. The van der Waals surface area contributed by atoms with Gasteiger partial charge in [0.2, 0.25) is 0 Å². The number of aliphatic hydroxyl groups is 1. The van der Waals surface area contributed by atoms with Crippen molar-refractivity contribution in [2.45, 2.75) is 11.0 Å². The van der Waals surface area contributed by atoms with Gasteiger partial charge in [-0.15, -0.1) is 12.6 Å². The summed E-state index contributed by atoms with van der Waals surface area (Å²) in [6, 6.07) is 25.5. The molecule has 0 aliphatic carbocycles. The fraction of sp³-hybridized carbons (Fsp3) is 0.100. The molecule has 0 saturated heterocycles. The van der Waals surface area contributed by atoms with Crippen molar-refractivity contribution in [2.24, 2.45) is 0 Å². The smallest absolute Gasteiger partial charge is 0.106 e. The molecule has 0 heterocycles. The minimum atomic E-state index is -0.665. The first kappa shape index (κ1) is 15.7. The molecule has 0 aliphatic rings. The van der Waals surface area contributed by atoms with Gasteiger partial charge in [-0.3, -0.25) is 0 Å². The second kappa shape index (κ2) is 6.90. The molecule has 23 heavy (non-hydrogen) atoms. The van der Waals surface area contributed by atoms with Crippen molar-refractivity contribution < 1.29 is 5.11 Å². The molecule has 2 nitrogen and oxygen atoms in total. The van der Waals surface area contributed by atoms with E-state index in [1.807, 2.05) is 85.9 Å². The Morgan fingerprint density at radius 1 is 0.783 bits per heavy atom. The number of hydrogen-bond donors (Lipinski definition) is 2.